The van der Waals surface area contributed by atoms with Crippen molar-refractivity contribution in [3.63, 3.8) is 0 Å². The molecule has 1 fully saturated rings. The molecule has 0 aromatic carbocycles. The first kappa shape index (κ1) is 13.1. The first-order chi connectivity index (χ1) is 8.63. The van der Waals surface area contributed by atoms with Crippen LogP contribution in [-0.4, -0.2) is 48.1 Å². The normalized spacial score (nSPS) is 17.4. The van der Waals surface area contributed by atoms with Crippen LogP contribution < -0.4 is 10.6 Å². The smallest absolute Gasteiger partial charge is 0.137 e. The van der Waals surface area contributed by atoms with Crippen molar-refractivity contribution in [1.29, 1.82) is 0 Å². The molecule has 2 rings (SSSR count). The maximum atomic E-state index is 5.93. The van der Waals surface area contributed by atoms with Crippen molar-refractivity contribution in [2.45, 2.75) is 32.2 Å². The molecular formula is C13H23N5. The Morgan fingerprint density at radius 3 is 2.56 bits per heavy atom. The van der Waals surface area contributed by atoms with E-state index in [1.165, 1.54) is 12.8 Å². The molecule has 1 aromatic rings. The summed E-state index contributed by atoms with van der Waals surface area (Å²) in [6, 6.07) is 0.686. The number of hydrogen-bond donors (Lipinski definition) is 1. The Morgan fingerprint density at radius 2 is 2.00 bits per heavy atom. The highest BCUT2D eigenvalue weighted by Crippen LogP contribution is 2.25. The molecule has 1 aliphatic heterocycles. The molecule has 0 radical (unpaired) electrons. The molecule has 1 aromatic heterocycles. The molecule has 0 saturated carbocycles. The average molecular weight is 249 g/mol. The highest BCUT2D eigenvalue weighted by molar-refractivity contribution is 5.56. The summed E-state index contributed by atoms with van der Waals surface area (Å²) in [5, 5.41) is 0. The van der Waals surface area contributed by atoms with E-state index in [-0.39, 0.29) is 0 Å². The average Bonchev–Trinajstić information content (AvgIpc) is 2.38. The summed E-state index contributed by atoms with van der Waals surface area (Å²) in [5.41, 5.74) is 7.01. The summed E-state index contributed by atoms with van der Waals surface area (Å²) < 4.78 is 0. The number of aromatic nitrogens is 2. The van der Waals surface area contributed by atoms with Crippen molar-refractivity contribution < 1.29 is 0 Å². The Kier molecular flexibility index (Phi) is 4.01. The monoisotopic (exact) mass is 249 g/mol. The highest BCUT2D eigenvalue weighted by atomic mass is 15.2. The van der Waals surface area contributed by atoms with Crippen LogP contribution in [0.15, 0.2) is 6.33 Å². The van der Waals surface area contributed by atoms with Crippen LogP contribution in [0.3, 0.4) is 0 Å². The molecule has 0 aliphatic carbocycles. The maximum absolute atomic E-state index is 5.93. The SMILES string of the molecule is CCc1c(N)ncnc1N1CCC(N(C)C)CC1. The van der Waals surface area contributed by atoms with Gasteiger partial charge in [0.15, 0.2) is 0 Å². The van der Waals surface area contributed by atoms with Gasteiger partial charge < -0.3 is 15.5 Å². The second-order valence-electron chi connectivity index (χ2n) is 5.10. The second kappa shape index (κ2) is 5.52. The Morgan fingerprint density at radius 1 is 1.33 bits per heavy atom. The topological polar surface area (TPSA) is 58.3 Å². The van der Waals surface area contributed by atoms with Crippen molar-refractivity contribution in [2.75, 3.05) is 37.8 Å². The van der Waals surface area contributed by atoms with Crippen molar-refractivity contribution in [3.05, 3.63) is 11.9 Å². The van der Waals surface area contributed by atoms with Crippen LogP contribution in [0.4, 0.5) is 11.6 Å². The minimum atomic E-state index is 0.622. The fraction of sp³-hybridized carbons (Fsp3) is 0.692. The molecule has 5 heteroatoms. The van der Waals surface area contributed by atoms with Gasteiger partial charge in [0.25, 0.3) is 0 Å². The van der Waals surface area contributed by atoms with E-state index in [4.69, 9.17) is 5.73 Å². The maximum Gasteiger partial charge on any atom is 0.137 e. The van der Waals surface area contributed by atoms with Crippen LogP contribution >= 0.6 is 0 Å². The van der Waals surface area contributed by atoms with Gasteiger partial charge in [0.05, 0.1) is 0 Å². The summed E-state index contributed by atoms with van der Waals surface area (Å²) in [6.45, 7) is 4.20. The van der Waals surface area contributed by atoms with Gasteiger partial charge in [-0.2, -0.15) is 0 Å². The third kappa shape index (κ3) is 2.56. The van der Waals surface area contributed by atoms with Crippen LogP contribution in [0, 0.1) is 0 Å². The predicted octanol–water partition coefficient (Wildman–Crippen LogP) is 1.15. The molecule has 100 valence electrons. The van der Waals surface area contributed by atoms with Gasteiger partial charge in [0, 0.05) is 24.7 Å². The van der Waals surface area contributed by atoms with E-state index in [1.807, 2.05) is 0 Å². The van der Waals surface area contributed by atoms with E-state index >= 15 is 0 Å². The van der Waals surface area contributed by atoms with Gasteiger partial charge >= 0.3 is 0 Å². The van der Waals surface area contributed by atoms with Crippen molar-refractivity contribution in [3.8, 4) is 0 Å². The van der Waals surface area contributed by atoms with Crippen LogP contribution in [0.25, 0.3) is 0 Å². The van der Waals surface area contributed by atoms with Gasteiger partial charge in [0.2, 0.25) is 0 Å². The number of piperidine rings is 1. The van der Waals surface area contributed by atoms with Gasteiger partial charge in [-0.1, -0.05) is 6.92 Å². The summed E-state index contributed by atoms with van der Waals surface area (Å²) >= 11 is 0. The molecule has 2 heterocycles. The fourth-order valence-corrected chi connectivity index (χ4v) is 2.62. The summed E-state index contributed by atoms with van der Waals surface area (Å²) in [5.74, 6) is 1.65. The van der Waals surface area contributed by atoms with Gasteiger partial charge in [-0.15, -0.1) is 0 Å². The Hall–Kier alpha value is -1.36. The van der Waals surface area contributed by atoms with E-state index in [1.54, 1.807) is 6.33 Å². The van der Waals surface area contributed by atoms with Gasteiger partial charge in [-0.25, -0.2) is 9.97 Å². The lowest BCUT2D eigenvalue weighted by molar-refractivity contribution is 0.249. The molecule has 0 amide bonds. The van der Waals surface area contributed by atoms with Crippen molar-refractivity contribution in [1.82, 2.24) is 14.9 Å². The van der Waals surface area contributed by atoms with E-state index in [9.17, 15) is 0 Å². The molecule has 0 unspecified atom stereocenters. The number of anilines is 2. The standard InChI is InChI=1S/C13H23N5/c1-4-11-12(14)15-9-16-13(11)18-7-5-10(6-8-18)17(2)3/h9-10H,4-8H2,1-3H3,(H2,14,15,16). The third-order valence-corrected chi connectivity index (χ3v) is 3.80. The number of nitrogens with two attached hydrogens (primary N) is 1. The zero-order chi connectivity index (χ0) is 13.1. The largest absolute Gasteiger partial charge is 0.383 e. The highest BCUT2D eigenvalue weighted by Gasteiger charge is 2.23. The number of nitrogens with zero attached hydrogens (tertiary/aromatic N) is 4. The predicted molar refractivity (Wildman–Crippen MR) is 74.7 cm³/mol. The van der Waals surface area contributed by atoms with E-state index in [0.29, 0.717) is 11.9 Å². The van der Waals surface area contributed by atoms with Crippen LogP contribution in [0.5, 0.6) is 0 Å². The van der Waals surface area contributed by atoms with Crippen LogP contribution in [-0.2, 0) is 6.42 Å². The van der Waals surface area contributed by atoms with Gasteiger partial charge in [-0.05, 0) is 33.4 Å². The summed E-state index contributed by atoms with van der Waals surface area (Å²) in [7, 11) is 4.31. The summed E-state index contributed by atoms with van der Waals surface area (Å²) in [6.07, 6.45) is 4.82. The zero-order valence-corrected chi connectivity index (χ0v) is 11.6. The quantitative estimate of drug-likeness (QED) is 0.871. The molecule has 0 atom stereocenters. The lowest BCUT2D eigenvalue weighted by atomic mass is 10.0. The lowest BCUT2D eigenvalue weighted by Gasteiger charge is -2.36. The first-order valence-electron chi connectivity index (χ1n) is 6.64. The molecule has 1 saturated heterocycles. The summed E-state index contributed by atoms with van der Waals surface area (Å²) in [4.78, 5) is 13.2. The lowest BCUT2D eigenvalue weighted by Crippen LogP contribution is -2.42. The number of hydrogen-bond acceptors (Lipinski definition) is 5. The molecule has 5 nitrogen and oxygen atoms in total. The van der Waals surface area contributed by atoms with Gasteiger partial charge in [-0.3, -0.25) is 0 Å². The molecule has 0 spiro atoms. The Labute approximate surface area is 109 Å². The zero-order valence-electron chi connectivity index (χ0n) is 11.6. The minimum Gasteiger partial charge on any atom is -0.383 e. The molecule has 18 heavy (non-hydrogen) atoms. The van der Waals surface area contributed by atoms with Gasteiger partial charge in [0.1, 0.15) is 18.0 Å². The van der Waals surface area contributed by atoms with Crippen molar-refractivity contribution >= 4 is 11.6 Å². The molecular weight excluding hydrogens is 226 g/mol. The Bertz CT molecular complexity index is 396. The number of nitrogen functional groups attached to an aromatic ring is 1. The molecule has 2 N–H and O–H groups in total. The third-order valence-electron chi connectivity index (χ3n) is 3.80. The minimum absolute atomic E-state index is 0.622. The van der Waals surface area contributed by atoms with E-state index < -0.39 is 0 Å². The van der Waals surface area contributed by atoms with E-state index in [0.717, 1.165) is 30.9 Å². The van der Waals surface area contributed by atoms with Crippen LogP contribution in [0.1, 0.15) is 25.3 Å². The molecule has 0 bridgehead atoms. The van der Waals surface area contributed by atoms with Crippen molar-refractivity contribution in [2.24, 2.45) is 0 Å². The fourth-order valence-electron chi connectivity index (χ4n) is 2.62. The Balaban J connectivity index is 2.12. The van der Waals surface area contributed by atoms with Crippen LogP contribution in [0.2, 0.25) is 0 Å². The van der Waals surface area contributed by atoms with E-state index in [2.05, 4.69) is 40.8 Å². The number of rotatable bonds is 3. The first-order valence-corrected chi connectivity index (χ1v) is 6.64. The molecule has 1 aliphatic rings. The second-order valence-corrected chi connectivity index (χ2v) is 5.10.